The third-order valence-electron chi connectivity index (χ3n) is 4.47. The first-order valence-electron chi connectivity index (χ1n) is 9.40. The number of aromatic amines is 1. The number of rotatable bonds is 6. The number of thioether (sulfide) groups is 1. The normalized spacial score (nSPS) is 11.4. The average molecular weight is 395 g/mol. The van der Waals surface area contributed by atoms with Crippen LogP contribution >= 0.6 is 11.8 Å². The molecular weight excluding hydrogens is 368 g/mol. The third-order valence-corrected chi connectivity index (χ3v) is 5.31. The number of benzene rings is 2. The van der Waals surface area contributed by atoms with E-state index in [-0.39, 0.29) is 17.1 Å². The summed E-state index contributed by atoms with van der Waals surface area (Å²) in [5.41, 5.74) is 4.40. The Morgan fingerprint density at radius 3 is 2.36 bits per heavy atom. The zero-order chi connectivity index (χ0) is 20.1. The predicted octanol–water partition coefficient (Wildman–Crippen LogP) is 5.06. The van der Waals surface area contributed by atoms with Gasteiger partial charge in [0.2, 0.25) is 11.1 Å². The first-order valence-corrected chi connectivity index (χ1v) is 10.4. The van der Waals surface area contributed by atoms with Crippen LogP contribution in [0.15, 0.2) is 53.7 Å². The van der Waals surface area contributed by atoms with Crippen LogP contribution in [-0.2, 0) is 16.6 Å². The van der Waals surface area contributed by atoms with Gasteiger partial charge in [-0.2, -0.15) is 0 Å². The van der Waals surface area contributed by atoms with Crippen LogP contribution in [0.25, 0.3) is 11.4 Å². The van der Waals surface area contributed by atoms with E-state index in [1.165, 1.54) is 22.9 Å². The quantitative estimate of drug-likeness (QED) is 0.573. The van der Waals surface area contributed by atoms with Gasteiger partial charge in [-0.25, -0.2) is 4.98 Å². The lowest BCUT2D eigenvalue weighted by Crippen LogP contribution is -2.15. The van der Waals surface area contributed by atoms with Gasteiger partial charge in [0.1, 0.15) is 0 Å². The lowest BCUT2D eigenvalue weighted by Gasteiger charge is -2.19. The summed E-state index contributed by atoms with van der Waals surface area (Å²) in [6, 6.07) is 16.2. The topological polar surface area (TPSA) is 70.7 Å². The van der Waals surface area contributed by atoms with Gasteiger partial charge < -0.3 is 5.32 Å². The minimum atomic E-state index is -0.0767. The Morgan fingerprint density at radius 2 is 1.75 bits per heavy atom. The van der Waals surface area contributed by atoms with E-state index in [2.05, 4.69) is 60.3 Å². The van der Waals surface area contributed by atoms with Gasteiger partial charge in [-0.3, -0.25) is 9.89 Å². The highest BCUT2D eigenvalue weighted by Crippen LogP contribution is 2.24. The van der Waals surface area contributed by atoms with Crippen LogP contribution in [0.4, 0.5) is 5.69 Å². The molecule has 146 valence electrons. The number of aryl methyl sites for hydroxylation is 1. The maximum atomic E-state index is 12.2. The van der Waals surface area contributed by atoms with Crippen LogP contribution in [0.3, 0.4) is 0 Å². The summed E-state index contributed by atoms with van der Waals surface area (Å²) in [5, 5.41) is 10.6. The Balaban J connectivity index is 1.54. The zero-order valence-corrected chi connectivity index (χ0v) is 17.6. The number of hydrogen-bond donors (Lipinski definition) is 2. The summed E-state index contributed by atoms with van der Waals surface area (Å²) in [5.74, 6) is 0.892. The van der Waals surface area contributed by atoms with Crippen LogP contribution in [0.2, 0.25) is 0 Å². The molecule has 1 aromatic heterocycles. The molecule has 1 amide bonds. The number of nitrogens with zero attached hydrogens (tertiary/aromatic N) is 2. The second kappa shape index (κ2) is 8.61. The summed E-state index contributed by atoms with van der Waals surface area (Å²) >= 11 is 1.31. The van der Waals surface area contributed by atoms with Gasteiger partial charge in [0.25, 0.3) is 0 Å². The fourth-order valence-electron chi connectivity index (χ4n) is 2.72. The minimum absolute atomic E-state index is 0.0767. The van der Waals surface area contributed by atoms with Crippen molar-refractivity contribution in [3.8, 4) is 11.4 Å². The van der Waals surface area contributed by atoms with Crippen molar-refractivity contribution in [2.45, 2.75) is 44.7 Å². The van der Waals surface area contributed by atoms with E-state index in [9.17, 15) is 4.79 Å². The molecular formula is C22H26N4OS. The van der Waals surface area contributed by atoms with Crippen molar-refractivity contribution < 1.29 is 4.79 Å². The minimum Gasteiger partial charge on any atom is -0.325 e. The summed E-state index contributed by atoms with van der Waals surface area (Å²) in [6.45, 7) is 8.63. The van der Waals surface area contributed by atoms with E-state index in [1.54, 1.807) is 0 Å². The van der Waals surface area contributed by atoms with E-state index in [4.69, 9.17) is 0 Å². The molecule has 6 heteroatoms. The molecule has 0 spiro atoms. The maximum Gasteiger partial charge on any atom is 0.234 e. The molecule has 0 saturated carbocycles. The summed E-state index contributed by atoms with van der Waals surface area (Å²) in [7, 11) is 0. The van der Waals surface area contributed by atoms with E-state index >= 15 is 0 Å². The van der Waals surface area contributed by atoms with Gasteiger partial charge in [0, 0.05) is 11.3 Å². The molecule has 0 aliphatic rings. The second-order valence-electron chi connectivity index (χ2n) is 7.68. The number of carbonyl (C=O) groups is 1. The third kappa shape index (κ3) is 5.23. The Bertz CT molecular complexity index is 924. The molecule has 0 unspecified atom stereocenters. The summed E-state index contributed by atoms with van der Waals surface area (Å²) < 4.78 is 0. The maximum absolute atomic E-state index is 12.2. The summed E-state index contributed by atoms with van der Waals surface area (Å²) in [6.07, 6.45) is 1.01. The highest BCUT2D eigenvalue weighted by Gasteiger charge is 2.13. The number of hydrogen-bond acceptors (Lipinski definition) is 4. The van der Waals surface area contributed by atoms with Crippen LogP contribution in [0.5, 0.6) is 0 Å². The number of amides is 1. The van der Waals surface area contributed by atoms with Gasteiger partial charge in [0.05, 0.1) is 5.75 Å². The lowest BCUT2D eigenvalue weighted by atomic mass is 9.87. The Morgan fingerprint density at radius 1 is 1.07 bits per heavy atom. The van der Waals surface area contributed by atoms with Gasteiger partial charge in [-0.1, -0.05) is 75.9 Å². The van der Waals surface area contributed by atoms with Gasteiger partial charge in [-0.05, 0) is 35.1 Å². The Labute approximate surface area is 170 Å². The predicted molar refractivity (Wildman–Crippen MR) is 116 cm³/mol. The molecule has 3 aromatic rings. The van der Waals surface area contributed by atoms with Gasteiger partial charge >= 0.3 is 0 Å². The first-order chi connectivity index (χ1) is 13.3. The fourth-order valence-corrected chi connectivity index (χ4v) is 3.32. The Hall–Kier alpha value is -2.60. The van der Waals surface area contributed by atoms with Crippen LogP contribution in [0.1, 0.15) is 38.8 Å². The van der Waals surface area contributed by atoms with Crippen molar-refractivity contribution >= 4 is 23.4 Å². The molecule has 0 aliphatic carbocycles. The van der Waals surface area contributed by atoms with Crippen LogP contribution in [0, 0.1) is 0 Å². The monoisotopic (exact) mass is 394 g/mol. The molecule has 28 heavy (non-hydrogen) atoms. The van der Waals surface area contributed by atoms with Crippen LogP contribution in [-0.4, -0.2) is 26.8 Å². The number of carbonyl (C=O) groups excluding carboxylic acids is 1. The van der Waals surface area contributed by atoms with Crippen molar-refractivity contribution in [2.24, 2.45) is 0 Å². The highest BCUT2D eigenvalue weighted by atomic mass is 32.2. The van der Waals surface area contributed by atoms with Crippen molar-refractivity contribution in [1.29, 1.82) is 0 Å². The SMILES string of the molecule is CCc1ccc(-c2nc(SCC(=O)Nc3ccc(C(C)(C)C)cc3)n[nH]2)cc1. The number of anilines is 1. The largest absolute Gasteiger partial charge is 0.325 e. The van der Waals surface area contributed by atoms with Crippen molar-refractivity contribution in [1.82, 2.24) is 15.2 Å². The molecule has 0 atom stereocenters. The fraction of sp³-hybridized carbons (Fsp3) is 0.318. The lowest BCUT2D eigenvalue weighted by molar-refractivity contribution is -0.113. The van der Waals surface area contributed by atoms with E-state index in [1.807, 2.05) is 36.4 Å². The van der Waals surface area contributed by atoms with Crippen molar-refractivity contribution in [3.63, 3.8) is 0 Å². The molecule has 0 fully saturated rings. The summed E-state index contributed by atoms with van der Waals surface area (Å²) in [4.78, 5) is 16.7. The smallest absolute Gasteiger partial charge is 0.234 e. The van der Waals surface area contributed by atoms with Crippen LogP contribution < -0.4 is 5.32 Å². The van der Waals surface area contributed by atoms with Gasteiger partial charge in [-0.15, -0.1) is 5.10 Å². The van der Waals surface area contributed by atoms with Gasteiger partial charge in [0.15, 0.2) is 5.82 Å². The standard InChI is InChI=1S/C22H26N4OS/c1-5-15-6-8-16(9-7-15)20-24-21(26-25-20)28-14-19(27)23-18-12-10-17(11-13-18)22(2,3)4/h6-13H,5,14H2,1-4H3,(H,23,27)(H,24,25,26). The molecule has 1 heterocycles. The van der Waals surface area contributed by atoms with Crippen molar-refractivity contribution in [2.75, 3.05) is 11.1 Å². The number of aromatic nitrogens is 3. The van der Waals surface area contributed by atoms with E-state index in [0.717, 1.165) is 17.7 Å². The van der Waals surface area contributed by atoms with E-state index < -0.39 is 0 Å². The second-order valence-corrected chi connectivity index (χ2v) is 8.62. The average Bonchev–Trinajstić information content (AvgIpc) is 3.15. The van der Waals surface area contributed by atoms with E-state index in [0.29, 0.717) is 11.0 Å². The molecule has 0 bridgehead atoms. The molecule has 5 nitrogen and oxygen atoms in total. The first kappa shape index (κ1) is 20.1. The molecule has 0 aliphatic heterocycles. The number of nitrogens with one attached hydrogen (secondary N) is 2. The number of H-pyrrole nitrogens is 1. The zero-order valence-electron chi connectivity index (χ0n) is 16.7. The molecule has 0 saturated heterocycles. The molecule has 2 N–H and O–H groups in total. The molecule has 3 rings (SSSR count). The van der Waals surface area contributed by atoms with Crippen molar-refractivity contribution in [3.05, 3.63) is 59.7 Å². The molecule has 0 radical (unpaired) electrons. The Kier molecular flexibility index (Phi) is 6.19. The molecule has 2 aromatic carbocycles. The highest BCUT2D eigenvalue weighted by molar-refractivity contribution is 7.99.